The fraction of sp³-hybridized carbons (Fsp3) is 0.556. The first-order chi connectivity index (χ1) is 12.5. The van der Waals surface area contributed by atoms with Gasteiger partial charge in [0.2, 0.25) is 15.9 Å². The number of carboxylic acid groups (broad SMARTS) is 1. The van der Waals surface area contributed by atoms with E-state index in [0.29, 0.717) is 11.3 Å². The van der Waals surface area contributed by atoms with Gasteiger partial charge in [0.1, 0.15) is 12.1 Å². The standard InChI is InChI=1S/C18H28N2O5S2/c1-18(2,3)15(16(21)19-14(17(22)23)10-11-26-4)20-27(24,25)12-13-8-6-5-7-9-13/h5-9,14-15,20H,10-12H2,1-4H3,(H,19,21)(H,22,23)/t14-,15-/m0/s1. The van der Waals surface area contributed by atoms with Crippen LogP contribution in [0.1, 0.15) is 32.8 Å². The Morgan fingerprint density at radius 1 is 1.19 bits per heavy atom. The van der Waals surface area contributed by atoms with E-state index in [2.05, 4.69) is 10.0 Å². The van der Waals surface area contributed by atoms with Gasteiger partial charge in [-0.05, 0) is 29.4 Å². The second-order valence-corrected chi connectivity index (χ2v) is 10.1. The Labute approximate surface area is 165 Å². The molecule has 0 bridgehead atoms. The molecule has 0 heterocycles. The van der Waals surface area contributed by atoms with Crippen LogP contribution in [0, 0.1) is 5.41 Å². The summed E-state index contributed by atoms with van der Waals surface area (Å²) >= 11 is 1.47. The summed E-state index contributed by atoms with van der Waals surface area (Å²) in [6.45, 7) is 5.17. The van der Waals surface area contributed by atoms with Gasteiger partial charge in [-0.25, -0.2) is 17.9 Å². The number of carboxylic acids is 1. The lowest BCUT2D eigenvalue weighted by molar-refractivity contribution is -0.142. The van der Waals surface area contributed by atoms with E-state index in [-0.39, 0.29) is 12.2 Å². The van der Waals surface area contributed by atoms with Crippen LogP contribution in [-0.2, 0) is 25.4 Å². The summed E-state index contributed by atoms with van der Waals surface area (Å²) < 4.78 is 27.5. The summed E-state index contributed by atoms with van der Waals surface area (Å²) in [6, 6.07) is 6.48. The van der Waals surface area contributed by atoms with Gasteiger partial charge >= 0.3 is 5.97 Å². The van der Waals surface area contributed by atoms with Crippen molar-refractivity contribution < 1.29 is 23.1 Å². The summed E-state index contributed by atoms with van der Waals surface area (Å²) in [5.74, 6) is -1.48. The van der Waals surface area contributed by atoms with Gasteiger partial charge in [-0.2, -0.15) is 11.8 Å². The number of sulfonamides is 1. The van der Waals surface area contributed by atoms with Crippen molar-refractivity contribution in [2.75, 3.05) is 12.0 Å². The summed E-state index contributed by atoms with van der Waals surface area (Å²) in [4.78, 5) is 24.1. The third kappa shape index (κ3) is 8.32. The van der Waals surface area contributed by atoms with E-state index in [1.165, 1.54) is 11.8 Å². The first kappa shape index (κ1) is 23.5. The molecule has 1 aromatic carbocycles. The number of benzene rings is 1. The van der Waals surface area contributed by atoms with Gasteiger partial charge in [-0.1, -0.05) is 51.1 Å². The highest BCUT2D eigenvalue weighted by atomic mass is 32.2. The first-order valence-corrected chi connectivity index (χ1v) is 11.6. The minimum Gasteiger partial charge on any atom is -0.480 e. The summed E-state index contributed by atoms with van der Waals surface area (Å²) in [7, 11) is -3.80. The molecule has 0 unspecified atom stereocenters. The van der Waals surface area contributed by atoms with E-state index in [0.717, 1.165) is 0 Å². The van der Waals surface area contributed by atoms with Crippen LogP contribution in [0.2, 0.25) is 0 Å². The third-order valence-corrected chi connectivity index (χ3v) is 5.80. The van der Waals surface area contributed by atoms with Gasteiger partial charge in [-0.15, -0.1) is 0 Å². The quantitative estimate of drug-likeness (QED) is 0.536. The minimum atomic E-state index is -3.80. The molecule has 9 heteroatoms. The third-order valence-electron chi connectivity index (χ3n) is 3.85. The smallest absolute Gasteiger partial charge is 0.326 e. The van der Waals surface area contributed by atoms with Crippen molar-refractivity contribution >= 4 is 33.7 Å². The molecule has 0 aliphatic heterocycles. The van der Waals surface area contributed by atoms with E-state index in [1.807, 2.05) is 6.26 Å². The van der Waals surface area contributed by atoms with Gasteiger partial charge in [0, 0.05) is 0 Å². The molecular weight excluding hydrogens is 388 g/mol. The monoisotopic (exact) mass is 416 g/mol. The van der Waals surface area contributed by atoms with E-state index in [9.17, 15) is 23.1 Å². The van der Waals surface area contributed by atoms with Crippen LogP contribution in [-0.4, -0.2) is 49.5 Å². The Bertz CT molecular complexity index is 730. The Kier molecular flexibility index (Phi) is 8.77. The predicted octanol–water partition coefficient (Wildman–Crippen LogP) is 1.84. The molecule has 1 amide bonds. The zero-order valence-electron chi connectivity index (χ0n) is 16.1. The maximum atomic E-state index is 12.7. The highest BCUT2D eigenvalue weighted by molar-refractivity contribution is 7.98. The molecule has 1 aromatic rings. The van der Waals surface area contributed by atoms with Crippen molar-refractivity contribution in [3.8, 4) is 0 Å². The van der Waals surface area contributed by atoms with E-state index < -0.39 is 39.4 Å². The van der Waals surface area contributed by atoms with E-state index in [1.54, 1.807) is 51.1 Å². The molecule has 0 radical (unpaired) electrons. The molecular formula is C18H28N2O5S2. The number of thioether (sulfide) groups is 1. The number of hydrogen-bond acceptors (Lipinski definition) is 5. The zero-order valence-corrected chi connectivity index (χ0v) is 17.7. The number of aliphatic carboxylic acids is 1. The van der Waals surface area contributed by atoms with Crippen LogP contribution in [0.25, 0.3) is 0 Å². The largest absolute Gasteiger partial charge is 0.480 e. The molecule has 0 spiro atoms. The number of amides is 1. The average molecular weight is 417 g/mol. The number of nitrogens with one attached hydrogen (secondary N) is 2. The van der Waals surface area contributed by atoms with Crippen molar-refractivity contribution in [1.82, 2.24) is 10.0 Å². The lowest BCUT2D eigenvalue weighted by Crippen LogP contribution is -2.56. The number of hydrogen-bond donors (Lipinski definition) is 3. The maximum Gasteiger partial charge on any atom is 0.326 e. The van der Waals surface area contributed by atoms with Gasteiger partial charge in [-0.3, -0.25) is 4.79 Å². The number of carbonyl (C=O) groups excluding carboxylic acids is 1. The van der Waals surface area contributed by atoms with E-state index in [4.69, 9.17) is 0 Å². The highest BCUT2D eigenvalue weighted by Gasteiger charge is 2.36. The molecule has 0 aliphatic rings. The fourth-order valence-corrected chi connectivity index (χ4v) is 4.39. The van der Waals surface area contributed by atoms with Gasteiger partial charge in [0.25, 0.3) is 0 Å². The summed E-state index contributed by atoms with van der Waals surface area (Å²) in [5, 5.41) is 11.8. The van der Waals surface area contributed by atoms with Gasteiger partial charge in [0.05, 0.1) is 5.75 Å². The zero-order chi connectivity index (χ0) is 20.7. The van der Waals surface area contributed by atoms with Crippen LogP contribution in [0.3, 0.4) is 0 Å². The molecule has 7 nitrogen and oxygen atoms in total. The van der Waals surface area contributed by atoms with Crippen LogP contribution in [0.5, 0.6) is 0 Å². The summed E-state index contributed by atoms with van der Waals surface area (Å²) in [6.07, 6.45) is 2.10. The average Bonchev–Trinajstić information content (AvgIpc) is 2.55. The Morgan fingerprint density at radius 3 is 2.26 bits per heavy atom. The molecule has 2 atom stereocenters. The SMILES string of the molecule is CSCC[C@H](NC(=O)[C@H](NS(=O)(=O)Cc1ccccc1)C(C)(C)C)C(=O)O. The van der Waals surface area contributed by atoms with E-state index >= 15 is 0 Å². The van der Waals surface area contributed by atoms with Crippen LogP contribution in [0.15, 0.2) is 30.3 Å². The number of carbonyl (C=O) groups is 2. The van der Waals surface area contributed by atoms with Crippen molar-refractivity contribution in [2.45, 2.75) is 45.0 Å². The molecule has 1 rings (SSSR count). The first-order valence-electron chi connectivity index (χ1n) is 8.52. The molecule has 0 fully saturated rings. The number of rotatable bonds is 10. The van der Waals surface area contributed by atoms with Crippen LogP contribution < -0.4 is 10.0 Å². The molecule has 3 N–H and O–H groups in total. The van der Waals surface area contributed by atoms with Crippen molar-refractivity contribution in [3.63, 3.8) is 0 Å². The molecule has 152 valence electrons. The van der Waals surface area contributed by atoms with Gasteiger partial charge in [0.15, 0.2) is 0 Å². The maximum absolute atomic E-state index is 12.7. The van der Waals surface area contributed by atoms with Crippen molar-refractivity contribution in [2.24, 2.45) is 5.41 Å². The second kappa shape index (κ2) is 10.1. The molecule has 0 saturated carbocycles. The minimum absolute atomic E-state index is 0.260. The van der Waals surface area contributed by atoms with Crippen LogP contribution in [0.4, 0.5) is 0 Å². The topological polar surface area (TPSA) is 113 Å². The molecule has 27 heavy (non-hydrogen) atoms. The lowest BCUT2D eigenvalue weighted by atomic mass is 9.86. The Balaban J connectivity index is 2.94. The van der Waals surface area contributed by atoms with Crippen LogP contribution >= 0.6 is 11.8 Å². The van der Waals surface area contributed by atoms with Gasteiger partial charge < -0.3 is 10.4 Å². The van der Waals surface area contributed by atoms with Crippen molar-refractivity contribution in [1.29, 1.82) is 0 Å². The highest BCUT2D eigenvalue weighted by Crippen LogP contribution is 2.21. The predicted molar refractivity (Wildman–Crippen MR) is 108 cm³/mol. The fourth-order valence-electron chi connectivity index (χ4n) is 2.39. The van der Waals surface area contributed by atoms with Crippen molar-refractivity contribution in [3.05, 3.63) is 35.9 Å². The summed E-state index contributed by atoms with van der Waals surface area (Å²) in [5.41, 5.74) is -0.141. The molecule has 0 aromatic heterocycles. The normalized spacial score (nSPS) is 14.4. The molecule has 0 saturated heterocycles. The second-order valence-electron chi connectivity index (χ2n) is 7.34. The Hall–Kier alpha value is -1.58. The lowest BCUT2D eigenvalue weighted by Gasteiger charge is -2.31. The molecule has 0 aliphatic carbocycles. The Morgan fingerprint density at radius 2 is 1.78 bits per heavy atom.